The van der Waals surface area contributed by atoms with Gasteiger partial charge in [-0.05, 0) is 34.5 Å². The van der Waals surface area contributed by atoms with Crippen LogP contribution in [-0.4, -0.2) is 22.5 Å². The summed E-state index contributed by atoms with van der Waals surface area (Å²) in [5, 5.41) is 9.85. The van der Waals surface area contributed by atoms with Crippen LogP contribution >= 0.6 is 22.9 Å². The Bertz CT molecular complexity index is 592. The quantitative estimate of drug-likeness (QED) is 0.816. The molecule has 1 atom stereocenters. The van der Waals surface area contributed by atoms with Gasteiger partial charge in [0.25, 0.3) is 5.91 Å². The minimum atomic E-state index is -0.195. The normalized spacial score (nSPS) is 18.7. The number of carbonyl (C=O) groups is 1. The topological polar surface area (TPSA) is 45.8 Å². The summed E-state index contributed by atoms with van der Waals surface area (Å²) in [7, 11) is 0. The molecule has 1 aliphatic rings. The van der Waals surface area contributed by atoms with Gasteiger partial charge in [0, 0.05) is 6.42 Å². The van der Waals surface area contributed by atoms with Crippen LogP contribution in [0.3, 0.4) is 0 Å². The summed E-state index contributed by atoms with van der Waals surface area (Å²) in [6.45, 7) is 0. The molecular formula is C13H11ClN2O2S. The third-order valence-corrected chi connectivity index (χ3v) is 3.94. The maximum Gasteiger partial charge on any atom is 0.258 e. The van der Waals surface area contributed by atoms with E-state index in [0.717, 1.165) is 11.3 Å². The van der Waals surface area contributed by atoms with Crippen molar-refractivity contribution in [3.8, 4) is 0 Å². The molecule has 0 spiro atoms. The number of rotatable bonds is 3. The van der Waals surface area contributed by atoms with Crippen LogP contribution in [0, 0.1) is 0 Å². The van der Waals surface area contributed by atoms with E-state index in [0.29, 0.717) is 12.2 Å². The second-order valence-corrected chi connectivity index (χ2v) is 5.22. The maximum atomic E-state index is 11.9. The van der Waals surface area contributed by atoms with Crippen molar-refractivity contribution < 1.29 is 9.21 Å². The molecular weight excluding hydrogens is 284 g/mol. The second-order valence-electron chi connectivity index (χ2n) is 4.17. The number of hydrogen-bond donors (Lipinski definition) is 0. The molecule has 0 fully saturated rings. The summed E-state index contributed by atoms with van der Waals surface area (Å²) >= 11 is 7.25. The predicted molar refractivity (Wildman–Crippen MR) is 74.5 cm³/mol. The molecule has 4 nitrogen and oxygen atoms in total. The summed E-state index contributed by atoms with van der Waals surface area (Å²) in [4.78, 5) is 11.9. The van der Waals surface area contributed by atoms with Crippen LogP contribution in [0.1, 0.15) is 23.8 Å². The van der Waals surface area contributed by atoms with E-state index in [4.69, 9.17) is 16.0 Å². The molecule has 0 radical (unpaired) electrons. The minimum absolute atomic E-state index is 0.0738. The smallest absolute Gasteiger partial charge is 0.258 e. The van der Waals surface area contributed by atoms with Crippen LogP contribution in [0.25, 0.3) is 0 Å². The van der Waals surface area contributed by atoms with E-state index in [1.807, 2.05) is 29.0 Å². The number of halogens is 1. The lowest BCUT2D eigenvalue weighted by Gasteiger charge is -2.19. The van der Waals surface area contributed by atoms with Gasteiger partial charge in [0.1, 0.15) is 17.4 Å². The number of carbonyl (C=O) groups excluding carboxylic acids is 1. The number of hydrogen-bond acceptors (Lipinski definition) is 4. The highest BCUT2D eigenvalue weighted by Gasteiger charge is 2.33. The van der Waals surface area contributed by atoms with Crippen molar-refractivity contribution in [2.24, 2.45) is 5.10 Å². The van der Waals surface area contributed by atoms with Gasteiger partial charge in [-0.1, -0.05) is 0 Å². The number of furan rings is 1. The van der Waals surface area contributed by atoms with Crippen molar-refractivity contribution >= 4 is 34.6 Å². The van der Waals surface area contributed by atoms with E-state index < -0.39 is 0 Å². The lowest BCUT2D eigenvalue weighted by Crippen LogP contribution is -2.27. The van der Waals surface area contributed by atoms with E-state index in [2.05, 4.69) is 5.10 Å². The average Bonchev–Trinajstić information content (AvgIpc) is 3.14. The first-order valence-electron chi connectivity index (χ1n) is 5.81. The Morgan fingerprint density at radius 1 is 1.58 bits per heavy atom. The summed E-state index contributed by atoms with van der Waals surface area (Å²) in [6.07, 6.45) is 2.25. The van der Waals surface area contributed by atoms with Gasteiger partial charge in [0.15, 0.2) is 0 Å². The van der Waals surface area contributed by atoms with Crippen LogP contribution in [0.5, 0.6) is 0 Å². The molecule has 0 aliphatic carbocycles. The molecule has 0 unspecified atom stereocenters. The third-order valence-electron chi connectivity index (χ3n) is 3.01. The van der Waals surface area contributed by atoms with Crippen LogP contribution in [-0.2, 0) is 4.79 Å². The molecule has 0 saturated carbocycles. The number of thiophene rings is 1. The first-order chi connectivity index (χ1) is 9.29. The van der Waals surface area contributed by atoms with Crippen molar-refractivity contribution in [3.05, 3.63) is 46.5 Å². The average molecular weight is 295 g/mol. The number of hydrazone groups is 1. The van der Waals surface area contributed by atoms with Crippen LogP contribution in [0.4, 0.5) is 0 Å². The van der Waals surface area contributed by atoms with Gasteiger partial charge in [-0.25, -0.2) is 5.01 Å². The van der Waals surface area contributed by atoms with E-state index >= 15 is 0 Å². The van der Waals surface area contributed by atoms with Gasteiger partial charge in [0.2, 0.25) is 0 Å². The van der Waals surface area contributed by atoms with Crippen LogP contribution < -0.4 is 0 Å². The zero-order valence-corrected chi connectivity index (χ0v) is 11.5. The van der Waals surface area contributed by atoms with E-state index in [9.17, 15) is 4.79 Å². The first-order valence-corrected chi connectivity index (χ1v) is 7.29. The Balaban J connectivity index is 1.93. The Labute approximate surface area is 119 Å². The summed E-state index contributed by atoms with van der Waals surface area (Å²) in [5.74, 6) is 0.430. The molecule has 98 valence electrons. The first kappa shape index (κ1) is 12.4. The fourth-order valence-electron chi connectivity index (χ4n) is 2.12. The van der Waals surface area contributed by atoms with E-state index in [-0.39, 0.29) is 17.8 Å². The molecule has 1 amide bonds. The SMILES string of the molecule is O=C(CCl)N1N=C(c2ccco2)C[C@H]1c1ccsc1. The van der Waals surface area contributed by atoms with Gasteiger partial charge >= 0.3 is 0 Å². The molecule has 3 heterocycles. The lowest BCUT2D eigenvalue weighted by atomic mass is 10.0. The van der Waals surface area contributed by atoms with Crippen molar-refractivity contribution in [3.63, 3.8) is 0 Å². The number of alkyl halides is 1. The van der Waals surface area contributed by atoms with Crippen molar-refractivity contribution in [1.82, 2.24) is 5.01 Å². The van der Waals surface area contributed by atoms with Crippen LogP contribution in [0.15, 0.2) is 44.7 Å². The Hall–Kier alpha value is -1.59. The fourth-order valence-corrected chi connectivity index (χ4v) is 2.95. The molecule has 0 N–H and O–H groups in total. The Morgan fingerprint density at radius 3 is 3.11 bits per heavy atom. The van der Waals surface area contributed by atoms with E-state index in [1.54, 1.807) is 17.6 Å². The highest BCUT2D eigenvalue weighted by Crippen LogP contribution is 2.33. The van der Waals surface area contributed by atoms with Gasteiger partial charge in [-0.2, -0.15) is 16.4 Å². The molecule has 1 aliphatic heterocycles. The second kappa shape index (κ2) is 5.19. The van der Waals surface area contributed by atoms with Crippen molar-refractivity contribution in [1.29, 1.82) is 0 Å². The van der Waals surface area contributed by atoms with E-state index in [1.165, 1.54) is 5.01 Å². The summed E-state index contributed by atoms with van der Waals surface area (Å²) in [6, 6.07) is 5.57. The molecule has 6 heteroatoms. The van der Waals surface area contributed by atoms with Gasteiger partial charge in [-0.15, -0.1) is 11.6 Å². The standard InChI is InChI=1S/C13H11ClN2O2S/c14-7-13(17)16-11(9-3-5-19-8-9)6-10(15-16)12-2-1-4-18-12/h1-5,8,11H,6-7H2/t11-/m0/s1. The fraction of sp³-hybridized carbons (Fsp3) is 0.231. The molecule has 0 saturated heterocycles. The van der Waals surface area contributed by atoms with Gasteiger partial charge in [-0.3, -0.25) is 4.79 Å². The van der Waals surface area contributed by atoms with Crippen LogP contribution in [0.2, 0.25) is 0 Å². The van der Waals surface area contributed by atoms with Gasteiger partial charge in [0.05, 0.1) is 12.3 Å². The maximum absolute atomic E-state index is 11.9. The van der Waals surface area contributed by atoms with Crippen molar-refractivity contribution in [2.75, 3.05) is 5.88 Å². The lowest BCUT2D eigenvalue weighted by molar-refractivity contribution is -0.130. The summed E-state index contributed by atoms with van der Waals surface area (Å²) < 4.78 is 5.35. The molecule has 19 heavy (non-hydrogen) atoms. The molecule has 2 aromatic heterocycles. The zero-order valence-electron chi connectivity index (χ0n) is 9.95. The largest absolute Gasteiger partial charge is 0.463 e. The Kier molecular flexibility index (Phi) is 3.40. The number of amides is 1. The highest BCUT2D eigenvalue weighted by atomic mass is 35.5. The Morgan fingerprint density at radius 2 is 2.47 bits per heavy atom. The zero-order chi connectivity index (χ0) is 13.2. The highest BCUT2D eigenvalue weighted by molar-refractivity contribution is 7.08. The molecule has 0 aromatic carbocycles. The van der Waals surface area contributed by atoms with Crippen molar-refractivity contribution in [2.45, 2.75) is 12.5 Å². The molecule has 3 rings (SSSR count). The predicted octanol–water partition coefficient (Wildman–Crippen LogP) is 3.26. The monoisotopic (exact) mass is 294 g/mol. The minimum Gasteiger partial charge on any atom is -0.463 e. The number of nitrogens with zero attached hydrogens (tertiary/aromatic N) is 2. The molecule has 2 aromatic rings. The summed E-state index contributed by atoms with van der Waals surface area (Å²) in [5.41, 5.74) is 1.86. The third kappa shape index (κ3) is 2.31. The van der Waals surface area contributed by atoms with Gasteiger partial charge < -0.3 is 4.42 Å². The molecule has 0 bridgehead atoms.